The Morgan fingerprint density at radius 3 is 1.21 bits per heavy atom. The molecule has 0 bridgehead atoms. The molecule has 2 rings (SSSR count). The fraction of sp³-hybridized carbons (Fsp3) is 0.300. The molecular formula is C20H26N2O2. The molecular weight excluding hydrogens is 300 g/mol. The molecule has 2 aromatic carbocycles. The Bertz CT molecular complexity index is 673. The topological polar surface area (TPSA) is 58.2 Å². The molecule has 128 valence electrons. The molecule has 4 heteroatoms. The Morgan fingerprint density at radius 1 is 0.625 bits per heavy atom. The van der Waals surface area contributed by atoms with Crippen LogP contribution >= 0.6 is 0 Å². The monoisotopic (exact) mass is 326 g/mol. The average Bonchev–Trinajstić information content (AvgIpc) is 2.58. The van der Waals surface area contributed by atoms with Gasteiger partial charge in [-0.1, -0.05) is 12.1 Å². The molecule has 0 atom stereocenters. The highest BCUT2D eigenvalue weighted by atomic mass is 16.2. The van der Waals surface area contributed by atoms with Gasteiger partial charge in [0.15, 0.2) is 0 Å². The van der Waals surface area contributed by atoms with Gasteiger partial charge in [0.2, 0.25) is 0 Å². The van der Waals surface area contributed by atoms with Gasteiger partial charge in [0.05, 0.1) is 0 Å². The van der Waals surface area contributed by atoms with Crippen LogP contribution in [0, 0.1) is 27.7 Å². The van der Waals surface area contributed by atoms with Crippen LogP contribution in [0.4, 0.5) is 0 Å². The minimum Gasteiger partial charge on any atom is -0.355 e. The molecule has 2 amide bonds. The fourth-order valence-electron chi connectivity index (χ4n) is 2.05. The summed E-state index contributed by atoms with van der Waals surface area (Å²) in [6.07, 6.45) is 0. The van der Waals surface area contributed by atoms with Crippen molar-refractivity contribution in [3.05, 3.63) is 69.8 Å². The van der Waals surface area contributed by atoms with Crippen LogP contribution in [0.2, 0.25) is 0 Å². The van der Waals surface area contributed by atoms with Gasteiger partial charge in [-0.05, 0) is 74.2 Å². The number of carbonyl (C=O) groups is 2. The van der Waals surface area contributed by atoms with Gasteiger partial charge in [0, 0.05) is 25.2 Å². The number of carbonyl (C=O) groups excluding carboxylic acids is 2. The number of hydrogen-bond donors (Lipinski definition) is 2. The number of aryl methyl sites for hydroxylation is 4. The smallest absolute Gasteiger partial charge is 0.251 e. The Kier molecular flexibility index (Phi) is 7.18. The minimum atomic E-state index is -0.0295. The summed E-state index contributed by atoms with van der Waals surface area (Å²) in [4.78, 5) is 22.3. The van der Waals surface area contributed by atoms with Crippen molar-refractivity contribution in [3.8, 4) is 0 Å². The van der Waals surface area contributed by atoms with Crippen molar-refractivity contribution in [1.29, 1.82) is 0 Å². The van der Waals surface area contributed by atoms with Gasteiger partial charge in [0.25, 0.3) is 11.8 Å². The van der Waals surface area contributed by atoms with Crippen LogP contribution in [0.3, 0.4) is 0 Å². The summed E-state index contributed by atoms with van der Waals surface area (Å²) in [6, 6.07) is 11.4. The zero-order chi connectivity index (χ0) is 18.3. The van der Waals surface area contributed by atoms with E-state index in [2.05, 4.69) is 10.6 Å². The van der Waals surface area contributed by atoms with Crippen LogP contribution in [0.25, 0.3) is 0 Å². The lowest BCUT2D eigenvalue weighted by atomic mass is 10.1. The lowest BCUT2D eigenvalue weighted by molar-refractivity contribution is 0.0955. The average molecular weight is 326 g/mol. The predicted molar refractivity (Wildman–Crippen MR) is 98.6 cm³/mol. The third-order valence-electron chi connectivity index (χ3n) is 3.99. The van der Waals surface area contributed by atoms with Crippen LogP contribution in [0.5, 0.6) is 0 Å². The first-order valence-corrected chi connectivity index (χ1v) is 7.88. The Morgan fingerprint density at radius 2 is 0.958 bits per heavy atom. The summed E-state index contributed by atoms with van der Waals surface area (Å²) in [5.74, 6) is -0.0591. The van der Waals surface area contributed by atoms with Gasteiger partial charge < -0.3 is 10.6 Å². The summed E-state index contributed by atoms with van der Waals surface area (Å²) in [6.45, 7) is 8.06. The van der Waals surface area contributed by atoms with Crippen molar-refractivity contribution in [3.63, 3.8) is 0 Å². The first-order valence-electron chi connectivity index (χ1n) is 7.88. The minimum absolute atomic E-state index is 0.0295. The highest BCUT2D eigenvalue weighted by molar-refractivity contribution is 5.94. The van der Waals surface area contributed by atoms with Crippen molar-refractivity contribution in [2.45, 2.75) is 27.7 Å². The van der Waals surface area contributed by atoms with Gasteiger partial charge in [0.1, 0.15) is 0 Å². The second-order valence-electron chi connectivity index (χ2n) is 5.76. The maximum absolute atomic E-state index is 11.2. The molecule has 2 N–H and O–H groups in total. The molecule has 0 aliphatic carbocycles. The molecule has 0 radical (unpaired) electrons. The maximum Gasteiger partial charge on any atom is 0.251 e. The molecule has 0 unspecified atom stereocenters. The third-order valence-corrected chi connectivity index (χ3v) is 3.99. The van der Waals surface area contributed by atoms with E-state index in [4.69, 9.17) is 0 Å². The zero-order valence-electron chi connectivity index (χ0n) is 15.3. The molecule has 0 saturated heterocycles. The Hall–Kier alpha value is -2.62. The number of rotatable bonds is 2. The standard InChI is InChI=1S/2C10H13NO/c2*1-7-4-5-9(6-8(7)2)10(12)11-3/h2*4-6H,1-3H3,(H,11,12). The summed E-state index contributed by atoms with van der Waals surface area (Å²) in [5, 5.41) is 5.18. The summed E-state index contributed by atoms with van der Waals surface area (Å²) < 4.78 is 0. The molecule has 2 aromatic rings. The van der Waals surface area contributed by atoms with Gasteiger partial charge in [-0.3, -0.25) is 9.59 Å². The first-order chi connectivity index (χ1) is 11.3. The molecule has 0 heterocycles. The number of nitrogens with one attached hydrogen (secondary N) is 2. The van der Waals surface area contributed by atoms with Gasteiger partial charge in [-0.2, -0.15) is 0 Å². The molecule has 0 spiro atoms. The number of benzene rings is 2. The second kappa shape index (κ2) is 8.87. The van der Waals surface area contributed by atoms with E-state index < -0.39 is 0 Å². The van der Waals surface area contributed by atoms with Crippen molar-refractivity contribution >= 4 is 11.8 Å². The second-order valence-corrected chi connectivity index (χ2v) is 5.76. The summed E-state index contributed by atoms with van der Waals surface area (Å²) in [7, 11) is 3.27. The van der Waals surface area contributed by atoms with Gasteiger partial charge >= 0.3 is 0 Å². The lowest BCUT2D eigenvalue weighted by Crippen LogP contribution is -2.17. The van der Waals surface area contributed by atoms with Crippen molar-refractivity contribution in [1.82, 2.24) is 10.6 Å². The van der Waals surface area contributed by atoms with Crippen LogP contribution in [-0.4, -0.2) is 25.9 Å². The van der Waals surface area contributed by atoms with E-state index in [0.717, 1.165) is 22.3 Å². The SMILES string of the molecule is CNC(=O)c1ccc(C)c(C)c1.CNC(=O)c1ccc(C)c(C)c1. The quantitative estimate of drug-likeness (QED) is 0.889. The number of amides is 2. The highest BCUT2D eigenvalue weighted by Gasteiger charge is 2.03. The Balaban J connectivity index is 0.000000240. The molecule has 0 aromatic heterocycles. The number of hydrogen-bond acceptors (Lipinski definition) is 2. The van der Waals surface area contributed by atoms with E-state index in [1.54, 1.807) is 14.1 Å². The molecule has 4 nitrogen and oxygen atoms in total. The van der Waals surface area contributed by atoms with E-state index in [1.165, 1.54) is 11.1 Å². The van der Waals surface area contributed by atoms with Crippen LogP contribution in [-0.2, 0) is 0 Å². The van der Waals surface area contributed by atoms with Gasteiger partial charge in [-0.15, -0.1) is 0 Å². The molecule has 0 aliphatic heterocycles. The van der Waals surface area contributed by atoms with E-state index in [1.807, 2.05) is 64.1 Å². The van der Waals surface area contributed by atoms with Gasteiger partial charge in [-0.25, -0.2) is 0 Å². The normalized spacial score (nSPS) is 9.58. The molecule has 24 heavy (non-hydrogen) atoms. The summed E-state index contributed by atoms with van der Waals surface area (Å²) >= 11 is 0. The van der Waals surface area contributed by atoms with Crippen molar-refractivity contribution in [2.75, 3.05) is 14.1 Å². The predicted octanol–water partition coefficient (Wildman–Crippen LogP) is 3.33. The first kappa shape index (κ1) is 19.4. The summed E-state index contributed by atoms with van der Waals surface area (Å²) in [5.41, 5.74) is 6.17. The fourth-order valence-corrected chi connectivity index (χ4v) is 2.05. The maximum atomic E-state index is 11.2. The third kappa shape index (κ3) is 5.23. The molecule has 0 aliphatic rings. The molecule has 0 fully saturated rings. The Labute approximate surface area is 144 Å². The van der Waals surface area contributed by atoms with Crippen LogP contribution in [0.1, 0.15) is 43.0 Å². The van der Waals surface area contributed by atoms with E-state index in [-0.39, 0.29) is 11.8 Å². The zero-order valence-corrected chi connectivity index (χ0v) is 15.3. The largest absolute Gasteiger partial charge is 0.355 e. The van der Waals surface area contributed by atoms with Crippen molar-refractivity contribution in [2.24, 2.45) is 0 Å². The van der Waals surface area contributed by atoms with E-state index in [0.29, 0.717) is 0 Å². The van der Waals surface area contributed by atoms with E-state index in [9.17, 15) is 9.59 Å². The van der Waals surface area contributed by atoms with Crippen LogP contribution < -0.4 is 10.6 Å². The van der Waals surface area contributed by atoms with E-state index >= 15 is 0 Å². The highest BCUT2D eigenvalue weighted by Crippen LogP contribution is 2.10. The lowest BCUT2D eigenvalue weighted by Gasteiger charge is -2.03. The van der Waals surface area contributed by atoms with Crippen molar-refractivity contribution < 1.29 is 9.59 Å². The van der Waals surface area contributed by atoms with Crippen LogP contribution in [0.15, 0.2) is 36.4 Å². The molecule has 0 saturated carbocycles.